The van der Waals surface area contributed by atoms with Gasteiger partial charge < -0.3 is 5.11 Å². The van der Waals surface area contributed by atoms with Gasteiger partial charge in [-0.05, 0) is 40.8 Å². The first-order valence-electron chi connectivity index (χ1n) is 5.86. The maximum Gasteiger partial charge on any atom is 0.358 e. The van der Waals surface area contributed by atoms with E-state index in [4.69, 9.17) is 0 Å². The fourth-order valence-corrected chi connectivity index (χ4v) is 2.63. The second-order valence-electron chi connectivity index (χ2n) is 5.35. The van der Waals surface area contributed by atoms with Crippen LogP contribution in [-0.4, -0.2) is 26.1 Å². The third-order valence-electron chi connectivity index (χ3n) is 2.72. The quantitative estimate of drug-likeness (QED) is 0.802. The van der Waals surface area contributed by atoms with Crippen LogP contribution < -0.4 is 0 Å². The van der Waals surface area contributed by atoms with E-state index in [1.54, 1.807) is 6.07 Å². The van der Waals surface area contributed by atoms with E-state index < -0.39 is 11.4 Å². The number of rotatable bonds is 2. The Kier molecular flexibility index (Phi) is 3.81. The number of halogens is 2. The smallest absolute Gasteiger partial charge is 0.358 e. The number of aromatic nitrogens is 3. The molecule has 2 rings (SSSR count). The second kappa shape index (κ2) is 5.12. The zero-order valence-electron chi connectivity index (χ0n) is 11.2. The number of nitrogens with zero attached hydrogens (tertiary/aromatic N) is 3. The molecule has 1 N–H and O–H groups in total. The maximum atomic E-state index is 13.2. The molecule has 0 atom stereocenters. The van der Waals surface area contributed by atoms with Gasteiger partial charge >= 0.3 is 5.97 Å². The summed E-state index contributed by atoms with van der Waals surface area (Å²) in [6, 6.07) is 4.24. The lowest BCUT2D eigenvalue weighted by atomic mass is 9.90. The highest BCUT2D eigenvalue weighted by molar-refractivity contribution is 14.1. The zero-order chi connectivity index (χ0) is 15.1. The molecule has 0 saturated heterocycles. The number of hydrogen-bond acceptors (Lipinski definition) is 3. The molecule has 0 aliphatic carbocycles. The Morgan fingerprint density at radius 2 is 2.05 bits per heavy atom. The van der Waals surface area contributed by atoms with Crippen LogP contribution in [0.3, 0.4) is 0 Å². The van der Waals surface area contributed by atoms with Gasteiger partial charge in [0.2, 0.25) is 0 Å². The lowest BCUT2D eigenvalue weighted by molar-refractivity contribution is 0.0687. The van der Waals surface area contributed by atoms with Gasteiger partial charge in [0, 0.05) is 8.99 Å². The van der Waals surface area contributed by atoms with Crippen molar-refractivity contribution in [1.82, 2.24) is 15.0 Å². The van der Waals surface area contributed by atoms with Crippen molar-refractivity contribution >= 4 is 28.6 Å². The number of carboxylic acids is 1. The van der Waals surface area contributed by atoms with Crippen LogP contribution in [0.15, 0.2) is 18.2 Å². The lowest BCUT2D eigenvalue weighted by Gasteiger charge is -2.20. The summed E-state index contributed by atoms with van der Waals surface area (Å²) in [5, 5.41) is 16.9. The predicted octanol–water partition coefficient (Wildman–Crippen LogP) is 3.01. The maximum absolute atomic E-state index is 13.2. The summed E-state index contributed by atoms with van der Waals surface area (Å²) in [4.78, 5) is 11.3. The van der Waals surface area contributed by atoms with Crippen LogP contribution in [0.5, 0.6) is 0 Å². The van der Waals surface area contributed by atoms with Crippen molar-refractivity contribution in [3.8, 4) is 5.69 Å². The Bertz CT molecular complexity index is 677. The van der Waals surface area contributed by atoms with Gasteiger partial charge in [-0.15, -0.1) is 5.10 Å². The number of aromatic carboxylic acids is 1. The summed E-state index contributed by atoms with van der Waals surface area (Å²) in [6.45, 7) is 5.64. The van der Waals surface area contributed by atoms with Crippen molar-refractivity contribution in [2.45, 2.75) is 26.2 Å². The average molecular weight is 389 g/mol. The Morgan fingerprint density at radius 1 is 1.40 bits per heavy atom. The zero-order valence-corrected chi connectivity index (χ0v) is 13.3. The largest absolute Gasteiger partial charge is 0.476 e. The first kappa shape index (κ1) is 14.9. The topological polar surface area (TPSA) is 68.0 Å². The van der Waals surface area contributed by atoms with Crippen LogP contribution in [-0.2, 0) is 5.41 Å². The molecule has 5 nitrogen and oxygen atoms in total. The van der Waals surface area contributed by atoms with Gasteiger partial charge in [0.25, 0.3) is 0 Å². The Hall–Kier alpha value is -1.51. The highest BCUT2D eigenvalue weighted by atomic mass is 127. The van der Waals surface area contributed by atoms with Crippen molar-refractivity contribution < 1.29 is 14.3 Å². The molecule has 20 heavy (non-hydrogen) atoms. The normalized spacial score (nSPS) is 11.7. The molecular weight excluding hydrogens is 376 g/mol. The highest BCUT2D eigenvalue weighted by Crippen LogP contribution is 2.29. The van der Waals surface area contributed by atoms with Gasteiger partial charge in [-0.2, -0.15) is 0 Å². The number of hydrogen-bond donors (Lipinski definition) is 1. The van der Waals surface area contributed by atoms with Crippen LogP contribution in [0.25, 0.3) is 5.69 Å². The molecule has 0 aliphatic rings. The van der Waals surface area contributed by atoms with Crippen LogP contribution in [0.1, 0.15) is 37.0 Å². The van der Waals surface area contributed by atoms with Gasteiger partial charge in [-0.3, -0.25) is 0 Å². The van der Waals surface area contributed by atoms with Crippen LogP contribution in [0.4, 0.5) is 4.39 Å². The molecule has 0 unspecified atom stereocenters. The second-order valence-corrected chi connectivity index (χ2v) is 6.51. The van der Waals surface area contributed by atoms with Crippen LogP contribution in [0, 0.1) is 9.39 Å². The molecule has 106 valence electrons. The van der Waals surface area contributed by atoms with E-state index in [9.17, 15) is 14.3 Å². The summed E-state index contributed by atoms with van der Waals surface area (Å²) in [6.07, 6.45) is 0. The molecular formula is C13H13FIN3O2. The van der Waals surface area contributed by atoms with Gasteiger partial charge in [-0.25, -0.2) is 13.9 Å². The van der Waals surface area contributed by atoms with E-state index in [0.717, 1.165) is 0 Å². The Morgan fingerprint density at radius 3 is 2.55 bits per heavy atom. The van der Waals surface area contributed by atoms with E-state index >= 15 is 0 Å². The van der Waals surface area contributed by atoms with Gasteiger partial charge in [0.1, 0.15) is 5.82 Å². The molecule has 0 saturated carbocycles. The highest BCUT2D eigenvalue weighted by Gasteiger charge is 2.30. The summed E-state index contributed by atoms with van der Waals surface area (Å²) in [7, 11) is 0. The van der Waals surface area contributed by atoms with Gasteiger partial charge in [-0.1, -0.05) is 26.0 Å². The van der Waals surface area contributed by atoms with Crippen molar-refractivity contribution in [1.29, 1.82) is 0 Å². The first-order valence-corrected chi connectivity index (χ1v) is 6.94. The third kappa shape index (κ3) is 2.67. The van der Waals surface area contributed by atoms with Crippen molar-refractivity contribution in [3.63, 3.8) is 0 Å². The monoisotopic (exact) mass is 389 g/mol. The molecule has 0 aliphatic heterocycles. The minimum absolute atomic E-state index is 0.0855. The lowest BCUT2D eigenvalue weighted by Crippen LogP contribution is -2.21. The van der Waals surface area contributed by atoms with Crippen LogP contribution >= 0.6 is 22.6 Å². The molecule has 1 aromatic heterocycles. The Balaban J connectivity index is 2.72. The minimum Gasteiger partial charge on any atom is -0.476 e. The summed E-state index contributed by atoms with van der Waals surface area (Å²) >= 11 is 1.98. The first-order chi connectivity index (χ1) is 9.21. The number of carbonyl (C=O) groups is 1. The molecule has 0 spiro atoms. The third-order valence-corrected chi connectivity index (χ3v) is 3.59. The van der Waals surface area contributed by atoms with E-state index in [1.165, 1.54) is 16.8 Å². The molecule has 1 aromatic carbocycles. The van der Waals surface area contributed by atoms with Crippen molar-refractivity contribution in [3.05, 3.63) is 39.0 Å². The molecule has 2 aromatic rings. The van der Waals surface area contributed by atoms with E-state index in [-0.39, 0.29) is 11.5 Å². The fraction of sp³-hybridized carbons (Fsp3) is 0.308. The molecule has 7 heteroatoms. The van der Waals surface area contributed by atoms with E-state index in [1.807, 2.05) is 43.4 Å². The van der Waals surface area contributed by atoms with Crippen molar-refractivity contribution in [2.24, 2.45) is 0 Å². The molecule has 1 heterocycles. The van der Waals surface area contributed by atoms with Crippen molar-refractivity contribution in [2.75, 3.05) is 0 Å². The SMILES string of the molecule is CC(C)(C)c1c(C(=O)O)nnn1-c1ccc(F)cc1I. The molecule has 0 fully saturated rings. The van der Waals surface area contributed by atoms with Gasteiger partial charge in [0.15, 0.2) is 5.69 Å². The number of carboxylic acid groups (broad SMARTS) is 1. The summed E-state index contributed by atoms with van der Waals surface area (Å²) in [5.74, 6) is -1.48. The standard InChI is InChI=1S/C13H13FIN3O2/c1-13(2,3)11-10(12(19)20)16-17-18(11)9-5-4-7(14)6-8(9)15/h4-6H,1-3H3,(H,19,20). The average Bonchev–Trinajstić information content (AvgIpc) is 2.73. The molecule has 0 bridgehead atoms. The van der Waals surface area contributed by atoms with E-state index in [0.29, 0.717) is 15.0 Å². The predicted molar refractivity (Wildman–Crippen MR) is 79.7 cm³/mol. The number of benzene rings is 1. The molecule has 0 amide bonds. The summed E-state index contributed by atoms with van der Waals surface area (Å²) in [5.41, 5.74) is 0.540. The van der Waals surface area contributed by atoms with Gasteiger partial charge in [0.05, 0.1) is 11.4 Å². The van der Waals surface area contributed by atoms with Crippen LogP contribution in [0.2, 0.25) is 0 Å². The fourth-order valence-electron chi connectivity index (χ4n) is 1.92. The summed E-state index contributed by atoms with van der Waals surface area (Å²) < 4.78 is 15.3. The minimum atomic E-state index is -1.13. The van der Waals surface area contributed by atoms with E-state index in [2.05, 4.69) is 10.3 Å². The Labute approximate surface area is 128 Å². The molecule has 0 radical (unpaired) electrons.